The first-order valence-corrected chi connectivity index (χ1v) is 12.4. The number of thiophene rings is 1. The van der Waals surface area contributed by atoms with Gasteiger partial charge in [0.1, 0.15) is 23.7 Å². The van der Waals surface area contributed by atoms with Crippen LogP contribution in [0.3, 0.4) is 0 Å². The molecule has 1 fully saturated rings. The van der Waals surface area contributed by atoms with Crippen molar-refractivity contribution in [1.82, 2.24) is 15.2 Å². The minimum Gasteiger partial charge on any atom is -0.487 e. The zero-order chi connectivity index (χ0) is 24.4. The molecule has 1 aromatic carbocycles. The summed E-state index contributed by atoms with van der Waals surface area (Å²) < 4.78 is 26.1. The lowest BCUT2D eigenvalue weighted by Gasteiger charge is -2.33. The number of aromatic nitrogens is 1. The summed E-state index contributed by atoms with van der Waals surface area (Å²) in [5, 5.41) is 3.04. The Hall–Kier alpha value is -3.14. The molecular formula is C26H26FN3O4S. The molecule has 0 aliphatic carbocycles. The van der Waals surface area contributed by atoms with Crippen molar-refractivity contribution in [3.05, 3.63) is 70.6 Å². The standard InChI is InChI=1S/C26H26FN3O4S/c1-16(31)22-4-5-23(35-22)21-13-19(27)11-18-12-20(34-25(18)21)15-29-26(32)24(17-3-2-6-28-14-17)30-7-9-33-10-8-30/h2-6,11,13-14,20,24H,7-10,12,15H2,1H3,(H,29,32). The largest absolute Gasteiger partial charge is 0.487 e. The number of ketones is 1. The van der Waals surface area contributed by atoms with Gasteiger partial charge in [0.15, 0.2) is 5.78 Å². The molecule has 0 spiro atoms. The molecular weight excluding hydrogens is 469 g/mol. The average Bonchev–Trinajstić information content (AvgIpc) is 3.51. The topological polar surface area (TPSA) is 80.8 Å². The van der Waals surface area contributed by atoms with Crippen molar-refractivity contribution >= 4 is 23.0 Å². The summed E-state index contributed by atoms with van der Waals surface area (Å²) in [5.41, 5.74) is 2.22. The van der Waals surface area contributed by atoms with Crippen LogP contribution in [0.4, 0.5) is 4.39 Å². The van der Waals surface area contributed by atoms with Gasteiger partial charge in [-0.2, -0.15) is 0 Å². The summed E-state index contributed by atoms with van der Waals surface area (Å²) in [4.78, 5) is 32.7. The van der Waals surface area contributed by atoms with E-state index in [4.69, 9.17) is 9.47 Å². The normalized spacial score (nSPS) is 18.5. The van der Waals surface area contributed by atoms with Gasteiger partial charge in [-0.05, 0) is 42.8 Å². The summed E-state index contributed by atoms with van der Waals surface area (Å²) >= 11 is 1.32. The number of carbonyl (C=O) groups excluding carboxylic acids is 2. The molecule has 1 N–H and O–H groups in total. The third-order valence-electron chi connectivity index (χ3n) is 6.24. The fourth-order valence-corrected chi connectivity index (χ4v) is 5.49. The van der Waals surface area contributed by atoms with Crippen LogP contribution in [-0.2, 0) is 16.0 Å². The maximum atomic E-state index is 14.4. The van der Waals surface area contributed by atoms with Crippen LogP contribution < -0.4 is 10.1 Å². The average molecular weight is 496 g/mol. The number of carbonyl (C=O) groups is 2. The Bertz CT molecular complexity index is 1230. The molecule has 2 aromatic heterocycles. The van der Waals surface area contributed by atoms with Gasteiger partial charge < -0.3 is 14.8 Å². The molecule has 7 nitrogen and oxygen atoms in total. The maximum Gasteiger partial charge on any atom is 0.242 e. The van der Waals surface area contributed by atoms with Crippen molar-refractivity contribution in [3.63, 3.8) is 0 Å². The summed E-state index contributed by atoms with van der Waals surface area (Å²) in [7, 11) is 0. The Labute approximate surface area is 206 Å². The highest BCUT2D eigenvalue weighted by Gasteiger charge is 2.32. The van der Waals surface area contributed by atoms with E-state index in [1.54, 1.807) is 18.5 Å². The minimum atomic E-state index is -0.472. The number of fused-ring (bicyclic) bond motifs is 1. The molecule has 2 aliphatic heterocycles. The third-order valence-corrected chi connectivity index (χ3v) is 7.46. The van der Waals surface area contributed by atoms with Crippen LogP contribution in [0.2, 0.25) is 0 Å². The van der Waals surface area contributed by atoms with Crippen LogP contribution in [0.25, 0.3) is 10.4 Å². The molecule has 2 unspecified atom stereocenters. The van der Waals surface area contributed by atoms with E-state index in [0.717, 1.165) is 16.0 Å². The predicted molar refractivity (Wildman–Crippen MR) is 130 cm³/mol. The summed E-state index contributed by atoms with van der Waals surface area (Å²) in [6.45, 7) is 4.27. The number of hydrogen-bond donors (Lipinski definition) is 1. The van der Waals surface area contributed by atoms with Gasteiger partial charge in [-0.25, -0.2) is 4.39 Å². The van der Waals surface area contributed by atoms with E-state index in [1.807, 2.05) is 18.2 Å². The van der Waals surface area contributed by atoms with Crippen LogP contribution in [-0.4, -0.2) is 60.5 Å². The van der Waals surface area contributed by atoms with E-state index in [9.17, 15) is 14.0 Å². The second-order valence-corrected chi connectivity index (χ2v) is 9.77. The number of morpholine rings is 1. The highest BCUT2D eigenvalue weighted by molar-refractivity contribution is 7.17. The smallest absolute Gasteiger partial charge is 0.242 e. The quantitative estimate of drug-likeness (QED) is 0.504. The van der Waals surface area contributed by atoms with E-state index < -0.39 is 6.04 Å². The molecule has 3 aromatic rings. The van der Waals surface area contributed by atoms with Gasteiger partial charge in [0, 0.05) is 47.9 Å². The summed E-state index contributed by atoms with van der Waals surface area (Å²) in [5.74, 6) is 0.0998. The Morgan fingerprint density at radius 2 is 2.09 bits per heavy atom. The molecule has 0 saturated carbocycles. The molecule has 1 amide bonds. The van der Waals surface area contributed by atoms with Gasteiger partial charge in [-0.3, -0.25) is 19.5 Å². The van der Waals surface area contributed by atoms with Gasteiger partial charge in [0.25, 0.3) is 0 Å². The zero-order valence-corrected chi connectivity index (χ0v) is 20.1. The molecule has 1 saturated heterocycles. The van der Waals surface area contributed by atoms with Crippen LogP contribution in [0.15, 0.2) is 48.8 Å². The van der Waals surface area contributed by atoms with E-state index in [0.29, 0.717) is 55.5 Å². The first-order valence-electron chi connectivity index (χ1n) is 11.6. The summed E-state index contributed by atoms with van der Waals surface area (Å²) in [6.07, 6.45) is 3.57. The van der Waals surface area contributed by atoms with E-state index in [-0.39, 0.29) is 23.6 Å². The number of benzene rings is 1. The minimum absolute atomic E-state index is 0.0285. The molecule has 5 rings (SSSR count). The molecule has 2 aliphatic rings. The van der Waals surface area contributed by atoms with E-state index in [2.05, 4.69) is 15.2 Å². The number of pyridine rings is 1. The lowest BCUT2D eigenvalue weighted by atomic mass is 10.0. The highest BCUT2D eigenvalue weighted by Crippen LogP contribution is 2.42. The molecule has 0 bridgehead atoms. The molecule has 2 atom stereocenters. The number of hydrogen-bond acceptors (Lipinski definition) is 7. The van der Waals surface area contributed by atoms with Crippen LogP contribution >= 0.6 is 11.3 Å². The first-order chi connectivity index (χ1) is 17.0. The van der Waals surface area contributed by atoms with Crippen molar-refractivity contribution in [2.24, 2.45) is 0 Å². The predicted octanol–water partition coefficient (Wildman–Crippen LogP) is 3.65. The first kappa shape index (κ1) is 23.6. The maximum absolute atomic E-state index is 14.4. The molecule has 182 valence electrons. The van der Waals surface area contributed by atoms with Crippen molar-refractivity contribution in [2.45, 2.75) is 25.5 Å². The molecule has 35 heavy (non-hydrogen) atoms. The number of rotatable bonds is 7. The fraction of sp³-hybridized carbons (Fsp3) is 0.346. The van der Waals surface area contributed by atoms with Crippen LogP contribution in [0.1, 0.15) is 33.8 Å². The van der Waals surface area contributed by atoms with E-state index >= 15 is 0 Å². The number of nitrogens with zero attached hydrogens (tertiary/aromatic N) is 2. The number of amides is 1. The van der Waals surface area contributed by atoms with Gasteiger partial charge in [0.05, 0.1) is 24.6 Å². The Morgan fingerprint density at radius 3 is 2.80 bits per heavy atom. The highest BCUT2D eigenvalue weighted by atomic mass is 32.1. The second-order valence-electron chi connectivity index (χ2n) is 8.69. The number of nitrogens with one attached hydrogen (secondary N) is 1. The summed E-state index contributed by atoms with van der Waals surface area (Å²) in [6, 6.07) is 9.73. The van der Waals surface area contributed by atoms with Crippen molar-refractivity contribution < 1.29 is 23.5 Å². The van der Waals surface area contributed by atoms with Gasteiger partial charge >= 0.3 is 0 Å². The number of ether oxygens (including phenoxy) is 2. The number of halogens is 1. The van der Waals surface area contributed by atoms with E-state index in [1.165, 1.54) is 30.4 Å². The Morgan fingerprint density at radius 1 is 1.26 bits per heavy atom. The van der Waals surface area contributed by atoms with Crippen molar-refractivity contribution in [3.8, 4) is 16.2 Å². The van der Waals surface area contributed by atoms with Crippen molar-refractivity contribution in [2.75, 3.05) is 32.8 Å². The zero-order valence-electron chi connectivity index (χ0n) is 19.3. The Kier molecular flexibility index (Phi) is 6.90. The monoisotopic (exact) mass is 495 g/mol. The molecule has 4 heterocycles. The van der Waals surface area contributed by atoms with Gasteiger partial charge in [-0.15, -0.1) is 11.3 Å². The van der Waals surface area contributed by atoms with Gasteiger partial charge in [0.2, 0.25) is 5.91 Å². The van der Waals surface area contributed by atoms with Gasteiger partial charge in [-0.1, -0.05) is 6.07 Å². The molecule has 0 radical (unpaired) electrons. The lowest BCUT2D eigenvalue weighted by Crippen LogP contribution is -2.47. The lowest BCUT2D eigenvalue weighted by molar-refractivity contribution is -0.128. The SMILES string of the molecule is CC(=O)c1ccc(-c2cc(F)cc3c2OC(CNC(=O)C(c2cccnc2)N2CCOCC2)C3)s1. The fourth-order valence-electron chi connectivity index (χ4n) is 4.58. The third kappa shape index (κ3) is 5.12. The van der Waals surface area contributed by atoms with Crippen LogP contribution in [0.5, 0.6) is 5.75 Å². The van der Waals surface area contributed by atoms with Crippen LogP contribution in [0, 0.1) is 5.82 Å². The molecule has 9 heteroatoms. The van der Waals surface area contributed by atoms with Crippen molar-refractivity contribution in [1.29, 1.82) is 0 Å². The second kappa shape index (κ2) is 10.2. The Balaban J connectivity index is 1.30. The number of Topliss-reactive ketones (excluding diaryl/α,β-unsaturated/α-hetero) is 1.